The highest BCUT2D eigenvalue weighted by atomic mass is 32.2. The van der Waals surface area contributed by atoms with Crippen molar-refractivity contribution in [3.8, 4) is 0 Å². The molecule has 0 saturated carbocycles. The fourth-order valence-electron chi connectivity index (χ4n) is 2.49. The zero-order chi connectivity index (χ0) is 15.7. The molecule has 21 heavy (non-hydrogen) atoms. The minimum absolute atomic E-state index is 0.111. The van der Waals surface area contributed by atoms with Crippen LogP contribution in [0.1, 0.15) is 24.0 Å². The van der Waals surface area contributed by atoms with Crippen molar-refractivity contribution in [3.05, 3.63) is 29.3 Å². The molecular formula is C14H19NO5S. The Labute approximate surface area is 124 Å². The summed E-state index contributed by atoms with van der Waals surface area (Å²) in [4.78, 5) is 11.7. The Hall–Kier alpha value is -1.44. The summed E-state index contributed by atoms with van der Waals surface area (Å²) in [5.74, 6) is -1.17. The van der Waals surface area contributed by atoms with Crippen molar-refractivity contribution in [1.82, 2.24) is 4.72 Å². The van der Waals surface area contributed by atoms with E-state index in [1.54, 1.807) is 19.1 Å². The third kappa shape index (κ3) is 3.25. The summed E-state index contributed by atoms with van der Waals surface area (Å²) in [5.41, 5.74) is 0.0505. The van der Waals surface area contributed by atoms with Gasteiger partial charge < -0.3 is 9.84 Å². The second-order valence-electron chi connectivity index (χ2n) is 5.37. The molecule has 0 aromatic heterocycles. The molecule has 0 aliphatic carbocycles. The Kier molecular flexibility index (Phi) is 4.36. The van der Waals surface area contributed by atoms with E-state index in [-0.39, 0.29) is 31.0 Å². The fourth-order valence-corrected chi connectivity index (χ4v) is 4.14. The average Bonchev–Trinajstić information content (AvgIpc) is 2.38. The van der Waals surface area contributed by atoms with E-state index in [9.17, 15) is 18.3 Å². The van der Waals surface area contributed by atoms with E-state index in [1.165, 1.54) is 6.07 Å². The van der Waals surface area contributed by atoms with Crippen LogP contribution in [0.15, 0.2) is 23.1 Å². The predicted octanol–water partition coefficient (Wildman–Crippen LogP) is 1.22. The lowest BCUT2D eigenvalue weighted by Crippen LogP contribution is -2.57. The summed E-state index contributed by atoms with van der Waals surface area (Å²) < 4.78 is 32.6. The number of carboxylic acids is 1. The van der Waals surface area contributed by atoms with Crippen LogP contribution in [0.25, 0.3) is 0 Å². The molecule has 1 aliphatic rings. The number of rotatable bonds is 4. The monoisotopic (exact) mass is 313 g/mol. The molecule has 2 rings (SSSR count). The van der Waals surface area contributed by atoms with Crippen LogP contribution >= 0.6 is 0 Å². The third-order valence-electron chi connectivity index (χ3n) is 3.71. The van der Waals surface area contributed by atoms with Crippen molar-refractivity contribution >= 4 is 16.0 Å². The van der Waals surface area contributed by atoms with Gasteiger partial charge in [0, 0.05) is 26.1 Å². The summed E-state index contributed by atoms with van der Waals surface area (Å²) in [6.07, 6.45) is 0.235. The van der Waals surface area contributed by atoms with Crippen LogP contribution < -0.4 is 4.72 Å². The molecule has 116 valence electrons. The minimum Gasteiger partial charge on any atom is -0.480 e. The van der Waals surface area contributed by atoms with E-state index in [1.807, 2.05) is 6.92 Å². The molecule has 0 atom stereocenters. The number of carboxylic acid groups (broad SMARTS) is 1. The predicted molar refractivity (Wildman–Crippen MR) is 76.7 cm³/mol. The van der Waals surface area contributed by atoms with E-state index in [0.717, 1.165) is 5.56 Å². The van der Waals surface area contributed by atoms with Gasteiger partial charge in [0.25, 0.3) is 0 Å². The van der Waals surface area contributed by atoms with Crippen LogP contribution in [-0.2, 0) is 19.6 Å². The maximum atomic E-state index is 12.5. The Bertz CT molecular complexity index is 647. The van der Waals surface area contributed by atoms with Gasteiger partial charge in [0.2, 0.25) is 10.0 Å². The lowest BCUT2D eigenvalue weighted by Gasteiger charge is -2.33. The molecule has 1 saturated heterocycles. The Balaban J connectivity index is 2.37. The minimum atomic E-state index is -3.90. The van der Waals surface area contributed by atoms with Crippen LogP contribution in [-0.4, -0.2) is 38.2 Å². The Morgan fingerprint density at radius 1 is 1.29 bits per heavy atom. The topological polar surface area (TPSA) is 92.7 Å². The van der Waals surface area contributed by atoms with Crippen molar-refractivity contribution in [2.75, 3.05) is 13.2 Å². The third-order valence-corrected chi connectivity index (χ3v) is 5.40. The van der Waals surface area contributed by atoms with Crippen molar-refractivity contribution in [2.45, 2.75) is 37.1 Å². The highest BCUT2D eigenvalue weighted by molar-refractivity contribution is 7.89. The van der Waals surface area contributed by atoms with Crippen molar-refractivity contribution < 1.29 is 23.1 Å². The zero-order valence-corrected chi connectivity index (χ0v) is 12.9. The highest BCUT2D eigenvalue weighted by Crippen LogP contribution is 2.25. The molecular weight excluding hydrogens is 294 g/mol. The zero-order valence-electron chi connectivity index (χ0n) is 12.0. The van der Waals surface area contributed by atoms with Gasteiger partial charge in [-0.25, -0.2) is 8.42 Å². The van der Waals surface area contributed by atoms with E-state index >= 15 is 0 Å². The standard InChI is InChI=1S/C14H19NO5S/c1-10-3-4-12(11(2)9-10)21(18,19)15-14(13(16)17)5-7-20-8-6-14/h3-4,9,15H,5-8H2,1-2H3,(H,16,17). The SMILES string of the molecule is Cc1ccc(S(=O)(=O)NC2(C(=O)O)CCOCC2)c(C)c1. The van der Waals surface area contributed by atoms with Gasteiger partial charge in [0.05, 0.1) is 4.90 Å². The largest absolute Gasteiger partial charge is 0.480 e. The summed E-state index contributed by atoms with van der Waals surface area (Å²) in [6, 6.07) is 4.95. The summed E-state index contributed by atoms with van der Waals surface area (Å²) in [5, 5.41) is 9.43. The van der Waals surface area contributed by atoms with Crippen LogP contribution in [0.2, 0.25) is 0 Å². The first kappa shape index (κ1) is 15.9. The molecule has 1 heterocycles. The molecule has 7 heteroatoms. The number of nitrogens with one attached hydrogen (secondary N) is 1. The van der Waals surface area contributed by atoms with E-state index < -0.39 is 21.5 Å². The molecule has 0 spiro atoms. The second-order valence-corrected chi connectivity index (χ2v) is 7.02. The van der Waals surface area contributed by atoms with Gasteiger partial charge in [-0.05, 0) is 25.5 Å². The van der Waals surface area contributed by atoms with Crippen LogP contribution in [0.3, 0.4) is 0 Å². The van der Waals surface area contributed by atoms with Gasteiger partial charge in [-0.15, -0.1) is 0 Å². The van der Waals surface area contributed by atoms with E-state index in [4.69, 9.17) is 4.74 Å². The molecule has 0 amide bonds. The lowest BCUT2D eigenvalue weighted by molar-refractivity contribution is -0.147. The number of aliphatic carboxylic acids is 1. The summed E-state index contributed by atoms with van der Waals surface area (Å²) in [7, 11) is -3.90. The number of ether oxygens (including phenoxy) is 1. The molecule has 1 aromatic rings. The lowest BCUT2D eigenvalue weighted by atomic mass is 9.92. The molecule has 1 aliphatic heterocycles. The van der Waals surface area contributed by atoms with Crippen molar-refractivity contribution in [3.63, 3.8) is 0 Å². The Morgan fingerprint density at radius 3 is 2.43 bits per heavy atom. The van der Waals surface area contributed by atoms with E-state index in [0.29, 0.717) is 5.56 Å². The highest BCUT2D eigenvalue weighted by Gasteiger charge is 2.44. The normalized spacial score (nSPS) is 18.4. The van der Waals surface area contributed by atoms with Gasteiger partial charge in [-0.3, -0.25) is 4.79 Å². The van der Waals surface area contributed by atoms with Gasteiger partial charge in [0.1, 0.15) is 5.54 Å². The van der Waals surface area contributed by atoms with Gasteiger partial charge in [-0.2, -0.15) is 4.72 Å². The van der Waals surface area contributed by atoms with Gasteiger partial charge >= 0.3 is 5.97 Å². The number of aryl methyl sites for hydroxylation is 2. The first-order valence-electron chi connectivity index (χ1n) is 6.69. The number of hydrogen-bond acceptors (Lipinski definition) is 4. The second kappa shape index (κ2) is 5.75. The van der Waals surface area contributed by atoms with Gasteiger partial charge in [0.15, 0.2) is 0 Å². The quantitative estimate of drug-likeness (QED) is 0.872. The molecule has 2 N–H and O–H groups in total. The molecule has 0 radical (unpaired) electrons. The smallest absolute Gasteiger partial charge is 0.325 e. The van der Waals surface area contributed by atoms with Crippen LogP contribution in [0.5, 0.6) is 0 Å². The van der Waals surface area contributed by atoms with Crippen LogP contribution in [0, 0.1) is 13.8 Å². The molecule has 0 bridgehead atoms. The van der Waals surface area contributed by atoms with Crippen molar-refractivity contribution in [2.24, 2.45) is 0 Å². The maximum Gasteiger partial charge on any atom is 0.325 e. The number of sulfonamides is 1. The Morgan fingerprint density at radius 2 is 1.90 bits per heavy atom. The first-order chi connectivity index (χ1) is 9.77. The van der Waals surface area contributed by atoms with E-state index in [2.05, 4.69) is 4.72 Å². The van der Waals surface area contributed by atoms with Crippen LogP contribution in [0.4, 0.5) is 0 Å². The molecule has 1 fully saturated rings. The average molecular weight is 313 g/mol. The fraction of sp³-hybridized carbons (Fsp3) is 0.500. The van der Waals surface area contributed by atoms with Gasteiger partial charge in [-0.1, -0.05) is 17.7 Å². The maximum absolute atomic E-state index is 12.5. The summed E-state index contributed by atoms with van der Waals surface area (Å²) in [6.45, 7) is 4.01. The summed E-state index contributed by atoms with van der Waals surface area (Å²) >= 11 is 0. The number of hydrogen-bond donors (Lipinski definition) is 2. The molecule has 6 nitrogen and oxygen atoms in total. The molecule has 0 unspecified atom stereocenters. The molecule has 1 aromatic carbocycles. The number of carbonyl (C=O) groups is 1. The van der Waals surface area contributed by atoms with Crippen molar-refractivity contribution in [1.29, 1.82) is 0 Å². The number of benzene rings is 1. The first-order valence-corrected chi connectivity index (χ1v) is 8.17.